The number of ether oxygens (including phenoxy) is 2. The maximum absolute atomic E-state index is 9.47. The summed E-state index contributed by atoms with van der Waals surface area (Å²) >= 11 is 0. The second-order valence-corrected chi connectivity index (χ2v) is 6.44. The van der Waals surface area contributed by atoms with Gasteiger partial charge in [-0.1, -0.05) is 6.07 Å². The number of pyridine rings is 1. The van der Waals surface area contributed by atoms with Crippen molar-refractivity contribution in [2.45, 2.75) is 56.9 Å². The average molecular weight is 306 g/mol. The molecule has 0 saturated heterocycles. The normalized spacial score (nSPS) is 19.3. The number of hydrogen-bond acceptors (Lipinski definition) is 5. The number of fused-ring (bicyclic) bond motifs is 1. The standard InChI is InChI=1S/C17H26N2O3/c1-21-16(22-2)15-13(10-18-17(11-20)7-8-17)9-12-5-3-4-6-14(12)19-15/h9,16,18,20H,3-8,10-11H2,1-2H3. The molecule has 0 atom stereocenters. The summed E-state index contributed by atoms with van der Waals surface area (Å²) in [4.78, 5) is 4.85. The minimum Gasteiger partial charge on any atom is -0.394 e. The molecule has 0 aliphatic heterocycles. The van der Waals surface area contributed by atoms with Crippen molar-refractivity contribution in [1.29, 1.82) is 0 Å². The summed E-state index contributed by atoms with van der Waals surface area (Å²) in [6.07, 6.45) is 6.22. The molecule has 1 fully saturated rings. The predicted octanol–water partition coefficient (Wildman–Crippen LogP) is 1.87. The Labute approximate surface area is 132 Å². The third-order valence-electron chi connectivity index (χ3n) is 4.87. The molecule has 0 bridgehead atoms. The Morgan fingerprint density at radius 2 is 2.00 bits per heavy atom. The van der Waals surface area contributed by atoms with Gasteiger partial charge in [-0.2, -0.15) is 0 Å². The van der Waals surface area contributed by atoms with Gasteiger partial charge in [-0.25, -0.2) is 0 Å². The minimum absolute atomic E-state index is 0.0805. The van der Waals surface area contributed by atoms with Crippen LogP contribution in [0.25, 0.3) is 0 Å². The molecule has 0 aromatic carbocycles. The van der Waals surface area contributed by atoms with E-state index < -0.39 is 6.29 Å². The van der Waals surface area contributed by atoms with Crippen molar-refractivity contribution in [2.24, 2.45) is 0 Å². The maximum Gasteiger partial charge on any atom is 0.200 e. The zero-order valence-corrected chi connectivity index (χ0v) is 13.5. The van der Waals surface area contributed by atoms with Crippen molar-refractivity contribution >= 4 is 0 Å². The first-order chi connectivity index (χ1) is 10.7. The van der Waals surface area contributed by atoms with E-state index in [4.69, 9.17) is 14.5 Å². The van der Waals surface area contributed by atoms with E-state index in [2.05, 4.69) is 11.4 Å². The topological polar surface area (TPSA) is 63.6 Å². The van der Waals surface area contributed by atoms with E-state index in [-0.39, 0.29) is 12.1 Å². The number of aromatic nitrogens is 1. The molecule has 2 aliphatic rings. The third-order valence-corrected chi connectivity index (χ3v) is 4.87. The molecule has 22 heavy (non-hydrogen) atoms. The monoisotopic (exact) mass is 306 g/mol. The Balaban J connectivity index is 1.87. The smallest absolute Gasteiger partial charge is 0.200 e. The van der Waals surface area contributed by atoms with Gasteiger partial charge in [0.1, 0.15) is 5.69 Å². The predicted molar refractivity (Wildman–Crippen MR) is 83.5 cm³/mol. The summed E-state index contributed by atoms with van der Waals surface area (Å²) in [6.45, 7) is 0.887. The van der Waals surface area contributed by atoms with Crippen LogP contribution in [0.2, 0.25) is 0 Å². The van der Waals surface area contributed by atoms with Crippen molar-refractivity contribution in [1.82, 2.24) is 10.3 Å². The summed E-state index contributed by atoms with van der Waals surface area (Å²) in [5.74, 6) is 0. The van der Waals surface area contributed by atoms with Gasteiger partial charge in [0.25, 0.3) is 0 Å². The number of methoxy groups -OCH3 is 2. The van der Waals surface area contributed by atoms with Crippen LogP contribution in [-0.2, 0) is 28.9 Å². The number of aryl methyl sites for hydroxylation is 2. The first kappa shape index (κ1) is 15.9. The van der Waals surface area contributed by atoms with Crippen LogP contribution >= 0.6 is 0 Å². The van der Waals surface area contributed by atoms with Crippen LogP contribution in [0.5, 0.6) is 0 Å². The van der Waals surface area contributed by atoms with E-state index in [1.165, 1.54) is 24.1 Å². The van der Waals surface area contributed by atoms with E-state index in [1.807, 2.05) is 0 Å². The molecule has 0 unspecified atom stereocenters. The molecular weight excluding hydrogens is 280 g/mol. The van der Waals surface area contributed by atoms with Gasteiger partial charge in [0, 0.05) is 32.0 Å². The molecule has 0 radical (unpaired) electrons. The molecule has 1 saturated carbocycles. The Hall–Kier alpha value is -1.01. The van der Waals surface area contributed by atoms with Gasteiger partial charge in [0.2, 0.25) is 6.29 Å². The maximum atomic E-state index is 9.47. The quantitative estimate of drug-likeness (QED) is 0.753. The molecule has 0 amide bonds. The van der Waals surface area contributed by atoms with Crippen LogP contribution in [0.15, 0.2) is 6.07 Å². The van der Waals surface area contributed by atoms with Gasteiger partial charge in [-0.3, -0.25) is 4.98 Å². The van der Waals surface area contributed by atoms with Crippen LogP contribution in [0.4, 0.5) is 0 Å². The Bertz CT molecular complexity index is 525. The fourth-order valence-electron chi connectivity index (χ4n) is 3.19. The highest BCUT2D eigenvalue weighted by molar-refractivity contribution is 5.33. The number of nitrogens with zero attached hydrogens (tertiary/aromatic N) is 1. The van der Waals surface area contributed by atoms with Crippen LogP contribution in [-0.4, -0.2) is 36.5 Å². The van der Waals surface area contributed by atoms with E-state index in [0.29, 0.717) is 6.54 Å². The summed E-state index contributed by atoms with van der Waals surface area (Å²) in [6, 6.07) is 2.25. The average Bonchev–Trinajstić information content (AvgIpc) is 3.34. The van der Waals surface area contributed by atoms with Gasteiger partial charge < -0.3 is 19.9 Å². The number of rotatable bonds is 7. The number of hydrogen-bond donors (Lipinski definition) is 2. The molecule has 122 valence electrons. The van der Waals surface area contributed by atoms with Crippen molar-refractivity contribution in [3.8, 4) is 0 Å². The number of aliphatic hydroxyl groups is 1. The summed E-state index contributed by atoms with van der Waals surface area (Å²) in [5, 5.41) is 13.0. The van der Waals surface area contributed by atoms with Crippen LogP contribution in [0, 0.1) is 0 Å². The van der Waals surface area contributed by atoms with Crippen molar-refractivity contribution in [2.75, 3.05) is 20.8 Å². The molecule has 3 rings (SSSR count). The summed E-state index contributed by atoms with van der Waals surface area (Å²) < 4.78 is 10.9. The van der Waals surface area contributed by atoms with Crippen LogP contribution in [0.3, 0.4) is 0 Å². The first-order valence-corrected chi connectivity index (χ1v) is 8.14. The Morgan fingerprint density at radius 3 is 2.64 bits per heavy atom. The molecule has 0 spiro atoms. The Morgan fingerprint density at radius 1 is 1.27 bits per heavy atom. The highest BCUT2D eigenvalue weighted by Gasteiger charge is 2.41. The SMILES string of the molecule is COC(OC)c1nc2c(cc1CNC1(CO)CC1)CCCC2. The van der Waals surface area contributed by atoms with E-state index in [0.717, 1.165) is 36.9 Å². The largest absolute Gasteiger partial charge is 0.394 e. The Kier molecular flexibility index (Phi) is 4.78. The fourth-order valence-corrected chi connectivity index (χ4v) is 3.19. The van der Waals surface area contributed by atoms with Gasteiger partial charge >= 0.3 is 0 Å². The lowest BCUT2D eigenvalue weighted by atomic mass is 9.93. The van der Waals surface area contributed by atoms with Gasteiger partial charge in [0.15, 0.2) is 0 Å². The lowest BCUT2D eigenvalue weighted by Crippen LogP contribution is -2.34. The third kappa shape index (κ3) is 3.18. The zero-order chi connectivity index (χ0) is 15.6. The second-order valence-electron chi connectivity index (χ2n) is 6.44. The second kappa shape index (κ2) is 6.62. The van der Waals surface area contributed by atoms with Crippen molar-refractivity contribution in [3.63, 3.8) is 0 Å². The molecular formula is C17H26N2O3. The zero-order valence-electron chi connectivity index (χ0n) is 13.5. The van der Waals surface area contributed by atoms with Crippen LogP contribution in [0.1, 0.15) is 54.5 Å². The number of nitrogens with one attached hydrogen (secondary N) is 1. The van der Waals surface area contributed by atoms with Gasteiger partial charge in [-0.15, -0.1) is 0 Å². The van der Waals surface area contributed by atoms with Crippen LogP contribution < -0.4 is 5.32 Å². The van der Waals surface area contributed by atoms with Gasteiger partial charge in [0.05, 0.1) is 6.61 Å². The summed E-state index contributed by atoms with van der Waals surface area (Å²) in [5.41, 5.74) is 4.45. The molecule has 5 nitrogen and oxygen atoms in total. The summed E-state index contributed by atoms with van der Waals surface area (Å²) in [7, 11) is 3.28. The first-order valence-electron chi connectivity index (χ1n) is 8.14. The lowest BCUT2D eigenvalue weighted by Gasteiger charge is -2.23. The molecule has 2 aliphatic carbocycles. The van der Waals surface area contributed by atoms with Crippen molar-refractivity contribution in [3.05, 3.63) is 28.6 Å². The molecule has 2 N–H and O–H groups in total. The molecule has 1 aromatic heterocycles. The highest BCUT2D eigenvalue weighted by atomic mass is 16.7. The highest BCUT2D eigenvalue weighted by Crippen LogP contribution is 2.35. The molecule has 1 aromatic rings. The van der Waals surface area contributed by atoms with E-state index in [9.17, 15) is 5.11 Å². The van der Waals surface area contributed by atoms with Crippen molar-refractivity contribution < 1.29 is 14.6 Å². The molecule has 5 heteroatoms. The van der Waals surface area contributed by atoms with E-state index in [1.54, 1.807) is 14.2 Å². The van der Waals surface area contributed by atoms with Gasteiger partial charge in [-0.05, 0) is 49.7 Å². The van der Waals surface area contributed by atoms with E-state index >= 15 is 0 Å². The fraction of sp³-hybridized carbons (Fsp3) is 0.706. The number of aliphatic hydroxyl groups excluding tert-OH is 1. The molecule has 1 heterocycles. The minimum atomic E-state index is -0.437. The lowest BCUT2D eigenvalue weighted by molar-refractivity contribution is -0.109.